The number of methoxy groups -OCH3 is 1. The highest BCUT2D eigenvalue weighted by Gasteiger charge is 2.18. The number of fused-ring (bicyclic) bond motifs is 2. The van der Waals surface area contributed by atoms with Gasteiger partial charge in [0.15, 0.2) is 0 Å². The molecule has 180 valence electrons. The van der Waals surface area contributed by atoms with Crippen molar-refractivity contribution in [1.82, 2.24) is 25.2 Å². The lowest BCUT2D eigenvalue weighted by Gasteiger charge is -2.23. The minimum Gasteiger partial charge on any atom is -0.496 e. The molecule has 1 aliphatic heterocycles. The van der Waals surface area contributed by atoms with E-state index in [0.717, 1.165) is 40.6 Å². The number of H-pyrrole nitrogens is 1. The van der Waals surface area contributed by atoms with Gasteiger partial charge in [-0.3, -0.25) is 9.69 Å². The summed E-state index contributed by atoms with van der Waals surface area (Å²) in [5.74, 6) is 1.58. The third kappa shape index (κ3) is 4.97. The molecule has 0 bridgehead atoms. The summed E-state index contributed by atoms with van der Waals surface area (Å²) in [6, 6.07) is 11.7. The van der Waals surface area contributed by atoms with E-state index < -0.39 is 0 Å². The van der Waals surface area contributed by atoms with Gasteiger partial charge in [-0.25, -0.2) is 9.97 Å². The lowest BCUT2D eigenvalue weighted by atomic mass is 10.1. The van der Waals surface area contributed by atoms with Crippen LogP contribution >= 0.6 is 0 Å². The Balaban J connectivity index is 1.38. The molecule has 1 aliphatic rings. The molecule has 0 spiro atoms. The number of aromatic amines is 1. The van der Waals surface area contributed by atoms with Gasteiger partial charge in [-0.05, 0) is 69.2 Å². The minimum atomic E-state index is -0.145. The zero-order valence-corrected chi connectivity index (χ0v) is 20.2. The van der Waals surface area contributed by atoms with Crippen molar-refractivity contribution in [1.29, 1.82) is 0 Å². The van der Waals surface area contributed by atoms with Crippen LogP contribution in [0.5, 0.6) is 17.4 Å². The van der Waals surface area contributed by atoms with Crippen LogP contribution in [0.4, 0.5) is 0 Å². The van der Waals surface area contributed by atoms with Crippen molar-refractivity contribution >= 4 is 33.8 Å². The predicted molar refractivity (Wildman–Crippen MR) is 137 cm³/mol. The third-order valence-electron chi connectivity index (χ3n) is 6.35. The summed E-state index contributed by atoms with van der Waals surface area (Å²) < 4.78 is 11.7. The summed E-state index contributed by atoms with van der Waals surface area (Å²) in [5, 5.41) is 4.82. The summed E-state index contributed by atoms with van der Waals surface area (Å²) in [7, 11) is 1.60. The number of nitrogens with one attached hydrogen (secondary N) is 2. The van der Waals surface area contributed by atoms with E-state index in [-0.39, 0.29) is 12.1 Å². The van der Waals surface area contributed by atoms with E-state index in [0.29, 0.717) is 22.9 Å². The molecule has 4 aromatic rings. The number of amides is 1. The first-order valence-electron chi connectivity index (χ1n) is 11.8. The summed E-state index contributed by atoms with van der Waals surface area (Å²) >= 11 is 0. The highest BCUT2D eigenvalue weighted by molar-refractivity contribution is 5.94. The first-order valence-corrected chi connectivity index (χ1v) is 11.8. The number of ether oxygens (including phenoxy) is 2. The highest BCUT2D eigenvalue weighted by atomic mass is 16.5. The fourth-order valence-corrected chi connectivity index (χ4v) is 4.53. The van der Waals surface area contributed by atoms with E-state index in [1.165, 1.54) is 25.2 Å². The number of carbonyl (C=O) groups excluding carboxylic acids is 1. The van der Waals surface area contributed by atoms with E-state index in [2.05, 4.69) is 31.2 Å². The number of nitrogens with zero attached hydrogens (tertiary/aromatic N) is 3. The lowest BCUT2D eigenvalue weighted by Crippen LogP contribution is -2.44. The van der Waals surface area contributed by atoms with Gasteiger partial charge in [-0.2, -0.15) is 0 Å². The van der Waals surface area contributed by atoms with Gasteiger partial charge < -0.3 is 19.8 Å². The maximum atomic E-state index is 12.5. The predicted octanol–water partition coefficient (Wildman–Crippen LogP) is 4.79. The van der Waals surface area contributed by atoms with Gasteiger partial charge in [0.05, 0.1) is 24.2 Å². The monoisotopic (exact) mass is 471 g/mol. The second-order valence-corrected chi connectivity index (χ2v) is 8.85. The Kier molecular flexibility index (Phi) is 6.37. The molecule has 2 N–H and O–H groups in total. The standard InChI is InChI=1S/C27H29N5O3/c1-17-12-20-13-21(7-8-23(20)30-17)35-27-22-15-25(34-3)19(14-24(22)28-16-29-27)6-9-26(33)31-18(2)32-10-4-5-11-32/h6-9,12-16,18,30H,4-5,10-11H2,1-3H3,(H,31,33). The molecule has 0 radical (unpaired) electrons. The molecule has 1 saturated heterocycles. The van der Waals surface area contributed by atoms with Gasteiger partial charge in [-0.15, -0.1) is 0 Å². The number of hydrogen-bond acceptors (Lipinski definition) is 6. The highest BCUT2D eigenvalue weighted by Crippen LogP contribution is 2.33. The van der Waals surface area contributed by atoms with E-state index >= 15 is 0 Å². The van der Waals surface area contributed by atoms with Crippen molar-refractivity contribution in [2.45, 2.75) is 32.9 Å². The number of benzene rings is 2. The van der Waals surface area contributed by atoms with Gasteiger partial charge in [0.25, 0.3) is 0 Å². The van der Waals surface area contributed by atoms with E-state index in [9.17, 15) is 4.79 Å². The van der Waals surface area contributed by atoms with Crippen molar-refractivity contribution in [3.63, 3.8) is 0 Å². The number of carbonyl (C=O) groups is 1. The first kappa shape index (κ1) is 22.9. The summed E-state index contributed by atoms with van der Waals surface area (Å²) in [6.07, 6.45) is 7.12. The van der Waals surface area contributed by atoms with Crippen LogP contribution in [-0.2, 0) is 4.79 Å². The average molecular weight is 472 g/mol. The molecular formula is C27H29N5O3. The van der Waals surface area contributed by atoms with Crippen LogP contribution in [0.3, 0.4) is 0 Å². The van der Waals surface area contributed by atoms with Gasteiger partial charge in [0.1, 0.15) is 17.8 Å². The maximum absolute atomic E-state index is 12.5. The van der Waals surface area contributed by atoms with Crippen LogP contribution in [0, 0.1) is 6.92 Å². The molecule has 2 aromatic heterocycles. The molecule has 5 rings (SSSR count). The molecule has 0 saturated carbocycles. The molecule has 0 aliphatic carbocycles. The van der Waals surface area contributed by atoms with Crippen molar-refractivity contribution in [2.24, 2.45) is 0 Å². The molecule has 8 nitrogen and oxygen atoms in total. The molecule has 8 heteroatoms. The zero-order chi connectivity index (χ0) is 24.4. The Morgan fingerprint density at radius 1 is 1.17 bits per heavy atom. The quantitative estimate of drug-likeness (QED) is 0.377. The summed E-state index contributed by atoms with van der Waals surface area (Å²) in [4.78, 5) is 26.8. The largest absolute Gasteiger partial charge is 0.496 e. The summed E-state index contributed by atoms with van der Waals surface area (Å²) in [6.45, 7) is 6.08. The van der Waals surface area contributed by atoms with Gasteiger partial charge in [-0.1, -0.05) is 0 Å². The fraction of sp³-hybridized carbons (Fsp3) is 0.296. The average Bonchev–Trinajstić information content (AvgIpc) is 3.51. The SMILES string of the molecule is COc1cc2c(Oc3ccc4[nH]c(C)cc4c3)ncnc2cc1C=CC(=O)NC(C)N1CCCC1. The van der Waals surface area contributed by atoms with Gasteiger partial charge >= 0.3 is 0 Å². The number of aromatic nitrogens is 3. The lowest BCUT2D eigenvalue weighted by molar-refractivity contribution is -0.118. The Bertz CT molecular complexity index is 1400. The molecule has 2 aromatic carbocycles. The third-order valence-corrected chi connectivity index (χ3v) is 6.35. The topological polar surface area (TPSA) is 92.4 Å². The van der Waals surface area contributed by atoms with Crippen LogP contribution in [0.25, 0.3) is 27.9 Å². The van der Waals surface area contributed by atoms with Crippen molar-refractivity contribution in [2.75, 3.05) is 20.2 Å². The number of likely N-dealkylation sites (tertiary alicyclic amines) is 1. The fourth-order valence-electron chi connectivity index (χ4n) is 4.53. The summed E-state index contributed by atoms with van der Waals surface area (Å²) in [5.41, 5.74) is 3.59. The second-order valence-electron chi connectivity index (χ2n) is 8.85. The van der Waals surface area contributed by atoms with Crippen molar-refractivity contribution in [3.8, 4) is 17.4 Å². The Hall–Kier alpha value is -3.91. The maximum Gasteiger partial charge on any atom is 0.245 e. The smallest absolute Gasteiger partial charge is 0.245 e. The van der Waals surface area contributed by atoms with Crippen LogP contribution in [0.2, 0.25) is 0 Å². The molecule has 1 fully saturated rings. The number of rotatable bonds is 7. The Labute approximate surface area is 204 Å². The molecule has 1 unspecified atom stereocenters. The molecule has 1 amide bonds. The van der Waals surface area contributed by atoms with E-state index in [1.807, 2.05) is 44.2 Å². The number of aryl methyl sites for hydroxylation is 1. The Morgan fingerprint density at radius 2 is 2.00 bits per heavy atom. The van der Waals surface area contributed by atoms with Gasteiger partial charge in [0, 0.05) is 41.3 Å². The van der Waals surface area contributed by atoms with E-state index in [1.54, 1.807) is 13.2 Å². The zero-order valence-electron chi connectivity index (χ0n) is 20.2. The minimum absolute atomic E-state index is 0.00926. The molecule has 1 atom stereocenters. The Morgan fingerprint density at radius 3 is 2.80 bits per heavy atom. The number of hydrogen-bond donors (Lipinski definition) is 2. The van der Waals surface area contributed by atoms with Crippen molar-refractivity contribution in [3.05, 3.63) is 60.1 Å². The van der Waals surface area contributed by atoms with E-state index in [4.69, 9.17) is 9.47 Å². The van der Waals surface area contributed by atoms with Crippen molar-refractivity contribution < 1.29 is 14.3 Å². The second kappa shape index (κ2) is 9.76. The first-order chi connectivity index (χ1) is 17.0. The normalized spacial score (nSPS) is 15.2. The molecule has 35 heavy (non-hydrogen) atoms. The van der Waals surface area contributed by atoms with Crippen LogP contribution in [0.15, 0.2) is 48.8 Å². The van der Waals surface area contributed by atoms with Gasteiger partial charge in [0.2, 0.25) is 11.8 Å². The molecule has 3 heterocycles. The van der Waals surface area contributed by atoms with Crippen LogP contribution in [0.1, 0.15) is 31.0 Å². The molecular weight excluding hydrogens is 442 g/mol. The van der Waals surface area contributed by atoms with Crippen LogP contribution < -0.4 is 14.8 Å². The van der Waals surface area contributed by atoms with Crippen LogP contribution in [-0.4, -0.2) is 52.1 Å².